The Morgan fingerprint density at radius 2 is 1.86 bits per heavy atom. The summed E-state index contributed by atoms with van der Waals surface area (Å²) in [4.78, 5) is 15.3. The van der Waals surface area contributed by atoms with E-state index < -0.39 is 11.7 Å². The lowest BCUT2D eigenvalue weighted by Gasteiger charge is -2.19. The SMILES string of the molecule is CNC(=O)c1cnc(Oc2ccc(C(C)(C)C)cc2)c(F)c1. The molecule has 1 heterocycles. The monoisotopic (exact) mass is 302 g/mol. The molecule has 0 fully saturated rings. The van der Waals surface area contributed by atoms with Crippen LogP contribution in [0.5, 0.6) is 11.6 Å². The molecule has 0 saturated heterocycles. The van der Waals surface area contributed by atoms with Crippen molar-refractivity contribution in [1.29, 1.82) is 0 Å². The quantitative estimate of drug-likeness (QED) is 0.941. The molecule has 1 aromatic heterocycles. The van der Waals surface area contributed by atoms with Crippen LogP contribution < -0.4 is 10.1 Å². The molecule has 5 heteroatoms. The predicted molar refractivity (Wildman–Crippen MR) is 82.8 cm³/mol. The summed E-state index contributed by atoms with van der Waals surface area (Å²) < 4.78 is 19.4. The van der Waals surface area contributed by atoms with Crippen LogP contribution in [0.2, 0.25) is 0 Å². The predicted octanol–water partition coefficient (Wildman–Crippen LogP) is 3.67. The minimum Gasteiger partial charge on any atom is -0.436 e. The Hall–Kier alpha value is -2.43. The number of ether oxygens (including phenoxy) is 1. The van der Waals surface area contributed by atoms with Gasteiger partial charge in [0.25, 0.3) is 11.8 Å². The van der Waals surface area contributed by atoms with E-state index in [0.29, 0.717) is 5.75 Å². The van der Waals surface area contributed by atoms with Gasteiger partial charge in [-0.2, -0.15) is 0 Å². The molecular formula is C17H19FN2O2. The number of hydrogen-bond donors (Lipinski definition) is 1. The van der Waals surface area contributed by atoms with E-state index in [9.17, 15) is 9.18 Å². The maximum Gasteiger partial charge on any atom is 0.255 e. The Kier molecular flexibility index (Phi) is 4.45. The van der Waals surface area contributed by atoms with E-state index in [1.54, 1.807) is 12.1 Å². The van der Waals surface area contributed by atoms with Crippen molar-refractivity contribution in [3.8, 4) is 11.6 Å². The van der Waals surface area contributed by atoms with E-state index in [-0.39, 0.29) is 16.9 Å². The number of rotatable bonds is 3. The number of amides is 1. The van der Waals surface area contributed by atoms with Gasteiger partial charge in [-0.3, -0.25) is 4.79 Å². The molecule has 1 aromatic carbocycles. The molecule has 2 rings (SSSR count). The number of carbonyl (C=O) groups excluding carboxylic acids is 1. The van der Waals surface area contributed by atoms with Crippen LogP contribution in [-0.2, 0) is 5.41 Å². The lowest BCUT2D eigenvalue weighted by molar-refractivity contribution is 0.0962. The smallest absolute Gasteiger partial charge is 0.255 e. The van der Waals surface area contributed by atoms with Crippen LogP contribution in [0.15, 0.2) is 36.5 Å². The third-order valence-electron chi connectivity index (χ3n) is 3.23. The van der Waals surface area contributed by atoms with Gasteiger partial charge >= 0.3 is 0 Å². The van der Waals surface area contributed by atoms with Crippen molar-refractivity contribution in [3.05, 3.63) is 53.5 Å². The van der Waals surface area contributed by atoms with Gasteiger partial charge in [-0.25, -0.2) is 9.37 Å². The summed E-state index contributed by atoms with van der Waals surface area (Å²) in [6.45, 7) is 6.34. The summed E-state index contributed by atoms with van der Waals surface area (Å²) in [6.07, 6.45) is 1.28. The molecule has 1 amide bonds. The lowest BCUT2D eigenvalue weighted by Crippen LogP contribution is -2.18. The Morgan fingerprint density at radius 1 is 1.23 bits per heavy atom. The highest BCUT2D eigenvalue weighted by Crippen LogP contribution is 2.27. The van der Waals surface area contributed by atoms with Gasteiger partial charge in [-0.15, -0.1) is 0 Å². The van der Waals surface area contributed by atoms with Crippen molar-refractivity contribution in [1.82, 2.24) is 10.3 Å². The molecule has 0 saturated carbocycles. The van der Waals surface area contributed by atoms with Crippen LogP contribution in [0.4, 0.5) is 4.39 Å². The highest BCUT2D eigenvalue weighted by molar-refractivity contribution is 5.93. The fraction of sp³-hybridized carbons (Fsp3) is 0.294. The standard InChI is InChI=1S/C17H19FN2O2/c1-17(2,3)12-5-7-13(8-6-12)22-16-14(18)9-11(10-20-16)15(21)19-4/h5-10H,1-4H3,(H,19,21). The fourth-order valence-corrected chi connectivity index (χ4v) is 1.90. The van der Waals surface area contributed by atoms with Gasteiger partial charge in [0.15, 0.2) is 5.82 Å². The van der Waals surface area contributed by atoms with Crippen molar-refractivity contribution in [2.45, 2.75) is 26.2 Å². The molecule has 0 aliphatic heterocycles. The van der Waals surface area contributed by atoms with E-state index in [1.165, 1.54) is 13.2 Å². The second-order valence-corrected chi connectivity index (χ2v) is 5.97. The van der Waals surface area contributed by atoms with Crippen LogP contribution >= 0.6 is 0 Å². The Morgan fingerprint density at radius 3 is 2.36 bits per heavy atom. The summed E-state index contributed by atoms with van der Waals surface area (Å²) in [5, 5.41) is 2.41. The molecule has 0 unspecified atom stereocenters. The molecule has 2 aromatic rings. The topological polar surface area (TPSA) is 51.2 Å². The number of pyridine rings is 1. The van der Waals surface area contributed by atoms with Crippen molar-refractivity contribution in [2.75, 3.05) is 7.05 Å². The summed E-state index contributed by atoms with van der Waals surface area (Å²) in [6, 6.07) is 8.52. The van der Waals surface area contributed by atoms with E-state index in [0.717, 1.165) is 11.6 Å². The van der Waals surface area contributed by atoms with Crippen LogP contribution in [0.3, 0.4) is 0 Å². The van der Waals surface area contributed by atoms with Gasteiger partial charge in [0.1, 0.15) is 5.75 Å². The van der Waals surface area contributed by atoms with Crippen molar-refractivity contribution in [3.63, 3.8) is 0 Å². The zero-order valence-electron chi connectivity index (χ0n) is 13.1. The second kappa shape index (κ2) is 6.13. The molecule has 22 heavy (non-hydrogen) atoms. The van der Waals surface area contributed by atoms with Crippen molar-refractivity contribution < 1.29 is 13.9 Å². The van der Waals surface area contributed by atoms with Crippen LogP contribution in [0, 0.1) is 5.82 Å². The van der Waals surface area contributed by atoms with Crippen molar-refractivity contribution in [2.24, 2.45) is 0 Å². The van der Waals surface area contributed by atoms with E-state index in [4.69, 9.17) is 4.74 Å². The number of nitrogens with zero attached hydrogens (tertiary/aromatic N) is 1. The maximum atomic E-state index is 13.9. The van der Waals surface area contributed by atoms with E-state index in [2.05, 4.69) is 31.1 Å². The molecule has 0 atom stereocenters. The van der Waals surface area contributed by atoms with E-state index in [1.807, 2.05) is 12.1 Å². The Labute approximate surface area is 129 Å². The van der Waals surface area contributed by atoms with Gasteiger partial charge in [-0.1, -0.05) is 32.9 Å². The maximum absolute atomic E-state index is 13.9. The third-order valence-corrected chi connectivity index (χ3v) is 3.23. The minimum atomic E-state index is -0.680. The highest BCUT2D eigenvalue weighted by Gasteiger charge is 2.14. The summed E-state index contributed by atoms with van der Waals surface area (Å²) in [7, 11) is 1.47. The first-order valence-electron chi connectivity index (χ1n) is 6.97. The zero-order valence-corrected chi connectivity index (χ0v) is 13.1. The first-order chi connectivity index (χ1) is 10.3. The first-order valence-corrected chi connectivity index (χ1v) is 6.97. The number of benzene rings is 1. The van der Waals surface area contributed by atoms with Crippen LogP contribution in [0.1, 0.15) is 36.7 Å². The minimum absolute atomic E-state index is 0.0389. The summed E-state index contributed by atoms with van der Waals surface area (Å²) in [5.41, 5.74) is 1.34. The van der Waals surface area contributed by atoms with Crippen LogP contribution in [0.25, 0.3) is 0 Å². The van der Waals surface area contributed by atoms with Gasteiger partial charge < -0.3 is 10.1 Å². The highest BCUT2D eigenvalue weighted by atomic mass is 19.1. The first kappa shape index (κ1) is 15.9. The van der Waals surface area contributed by atoms with Gasteiger partial charge in [0.05, 0.1) is 5.56 Å². The summed E-state index contributed by atoms with van der Waals surface area (Å²) in [5.74, 6) is -0.739. The van der Waals surface area contributed by atoms with Gasteiger partial charge in [0.2, 0.25) is 0 Å². The van der Waals surface area contributed by atoms with Gasteiger partial charge in [0, 0.05) is 13.2 Å². The molecular weight excluding hydrogens is 283 g/mol. The number of carbonyl (C=O) groups is 1. The fourth-order valence-electron chi connectivity index (χ4n) is 1.90. The average molecular weight is 302 g/mol. The number of aromatic nitrogens is 1. The normalized spacial score (nSPS) is 11.1. The molecule has 4 nitrogen and oxygen atoms in total. The average Bonchev–Trinajstić information content (AvgIpc) is 2.48. The number of hydrogen-bond acceptors (Lipinski definition) is 3. The van der Waals surface area contributed by atoms with Crippen LogP contribution in [-0.4, -0.2) is 17.9 Å². The summed E-state index contributed by atoms with van der Waals surface area (Å²) >= 11 is 0. The molecule has 0 radical (unpaired) electrons. The number of halogens is 1. The van der Waals surface area contributed by atoms with E-state index >= 15 is 0 Å². The van der Waals surface area contributed by atoms with Gasteiger partial charge in [-0.05, 0) is 29.2 Å². The third kappa shape index (κ3) is 3.61. The molecule has 0 bridgehead atoms. The Balaban J connectivity index is 2.19. The zero-order chi connectivity index (χ0) is 16.3. The molecule has 0 aliphatic carbocycles. The second-order valence-electron chi connectivity index (χ2n) is 5.97. The van der Waals surface area contributed by atoms with Crippen molar-refractivity contribution >= 4 is 5.91 Å². The molecule has 0 spiro atoms. The largest absolute Gasteiger partial charge is 0.436 e. The molecule has 0 aliphatic rings. The number of nitrogens with one attached hydrogen (secondary N) is 1. The molecule has 1 N–H and O–H groups in total. The Bertz CT molecular complexity index is 676. The molecule has 116 valence electrons. The lowest BCUT2D eigenvalue weighted by atomic mass is 9.87.